The number of rotatable bonds is 3. The number of halogens is 3. The zero-order valence-electron chi connectivity index (χ0n) is 11.4. The summed E-state index contributed by atoms with van der Waals surface area (Å²) in [7, 11) is 0. The van der Waals surface area contributed by atoms with Gasteiger partial charge in [0, 0.05) is 5.71 Å². The number of alkyl halides is 3. The number of carbonyl (C=O) groups is 1. The molecule has 114 valence electrons. The first-order valence-corrected chi connectivity index (χ1v) is 7.23. The van der Waals surface area contributed by atoms with Crippen molar-refractivity contribution >= 4 is 23.4 Å². The Morgan fingerprint density at radius 1 is 1.38 bits per heavy atom. The largest absolute Gasteiger partial charge is 0.480 e. The minimum atomic E-state index is -4.44. The molecular formula is C14H14F3NO2S. The summed E-state index contributed by atoms with van der Waals surface area (Å²) >= 11 is 1.16. The Morgan fingerprint density at radius 3 is 2.33 bits per heavy atom. The van der Waals surface area contributed by atoms with Crippen molar-refractivity contribution in [1.29, 1.82) is 0 Å². The molecular weight excluding hydrogens is 303 g/mol. The Morgan fingerprint density at radius 2 is 1.95 bits per heavy atom. The molecule has 7 heteroatoms. The fourth-order valence-corrected chi connectivity index (χ4v) is 3.68. The number of carboxylic acids is 1. The van der Waals surface area contributed by atoms with Crippen molar-refractivity contribution in [1.82, 2.24) is 0 Å². The van der Waals surface area contributed by atoms with Gasteiger partial charge in [0.05, 0.1) is 10.9 Å². The molecule has 1 aliphatic rings. The van der Waals surface area contributed by atoms with Gasteiger partial charge in [0.25, 0.3) is 0 Å². The Labute approximate surface area is 124 Å². The number of hydrogen-bond acceptors (Lipinski definition) is 3. The van der Waals surface area contributed by atoms with E-state index >= 15 is 0 Å². The quantitative estimate of drug-likeness (QED) is 0.919. The van der Waals surface area contributed by atoms with Crippen LogP contribution in [0.15, 0.2) is 29.3 Å². The topological polar surface area (TPSA) is 49.7 Å². The minimum absolute atomic E-state index is 0.191. The van der Waals surface area contributed by atoms with Crippen molar-refractivity contribution in [2.75, 3.05) is 0 Å². The maximum atomic E-state index is 12.6. The summed E-state index contributed by atoms with van der Waals surface area (Å²) in [6.07, 6.45) is -3.77. The van der Waals surface area contributed by atoms with Gasteiger partial charge in [-0.1, -0.05) is 19.1 Å². The Hall–Kier alpha value is -1.50. The summed E-state index contributed by atoms with van der Waals surface area (Å²) < 4.78 is 36.4. The Bertz CT molecular complexity index is 583. The number of nitrogens with zero attached hydrogens (tertiary/aromatic N) is 1. The summed E-state index contributed by atoms with van der Waals surface area (Å²) in [4.78, 5) is 16.1. The molecule has 1 aliphatic heterocycles. The number of benzene rings is 1. The number of aliphatic carboxylic acids is 1. The number of thioether (sulfide) groups is 1. The van der Waals surface area contributed by atoms with Gasteiger partial charge in [0.1, 0.15) is 0 Å². The predicted octanol–water partition coefficient (Wildman–Crippen LogP) is 3.93. The van der Waals surface area contributed by atoms with Gasteiger partial charge in [-0.3, -0.25) is 4.99 Å². The van der Waals surface area contributed by atoms with Crippen molar-refractivity contribution in [3.05, 3.63) is 35.4 Å². The zero-order chi connectivity index (χ0) is 15.8. The van der Waals surface area contributed by atoms with Crippen molar-refractivity contribution in [3.63, 3.8) is 0 Å². The molecule has 2 rings (SSSR count). The smallest absolute Gasteiger partial charge is 0.416 e. The fourth-order valence-electron chi connectivity index (χ4n) is 2.30. The molecule has 1 aromatic carbocycles. The van der Waals surface area contributed by atoms with E-state index < -0.39 is 22.5 Å². The minimum Gasteiger partial charge on any atom is -0.480 e. The van der Waals surface area contributed by atoms with Gasteiger partial charge in [0.15, 0.2) is 4.75 Å². The molecule has 0 aromatic heterocycles. The molecule has 1 N–H and O–H groups in total. The molecule has 3 nitrogen and oxygen atoms in total. The van der Waals surface area contributed by atoms with Gasteiger partial charge >= 0.3 is 12.1 Å². The lowest BCUT2D eigenvalue weighted by Crippen LogP contribution is -2.37. The van der Waals surface area contributed by atoms with Crippen LogP contribution in [0.1, 0.15) is 31.4 Å². The van der Waals surface area contributed by atoms with E-state index in [4.69, 9.17) is 0 Å². The van der Waals surface area contributed by atoms with Gasteiger partial charge < -0.3 is 5.11 Å². The molecule has 1 heterocycles. The van der Waals surface area contributed by atoms with Crippen LogP contribution in [0.3, 0.4) is 0 Å². The van der Waals surface area contributed by atoms with Crippen molar-refractivity contribution in [2.45, 2.75) is 36.6 Å². The standard InChI is InChI=1S/C14H14F3NO2S/c1-3-11-18-8(2)13(21-11,12(19)20)9-4-6-10(7-5-9)14(15,16)17/h4-7,11H,3H2,1-2H3,(H,19,20). The Balaban J connectivity index is 2.46. The van der Waals surface area contributed by atoms with E-state index in [0.29, 0.717) is 17.7 Å². The summed E-state index contributed by atoms with van der Waals surface area (Å²) in [6.45, 7) is 3.49. The third kappa shape index (κ3) is 2.66. The molecule has 0 bridgehead atoms. The fraction of sp³-hybridized carbons (Fsp3) is 0.429. The van der Waals surface area contributed by atoms with Crippen LogP contribution >= 0.6 is 11.8 Å². The van der Waals surface area contributed by atoms with Crippen molar-refractivity contribution in [2.24, 2.45) is 4.99 Å². The second kappa shape index (κ2) is 5.36. The molecule has 0 fully saturated rings. The summed E-state index contributed by atoms with van der Waals surface area (Å²) in [5, 5.41) is 9.41. The van der Waals surface area contributed by atoms with E-state index in [1.807, 2.05) is 6.92 Å². The van der Waals surface area contributed by atoms with Crippen LogP contribution in [0, 0.1) is 0 Å². The lowest BCUT2D eigenvalue weighted by atomic mass is 9.93. The van der Waals surface area contributed by atoms with Crippen LogP contribution in [0.2, 0.25) is 0 Å². The van der Waals surface area contributed by atoms with Gasteiger partial charge in [-0.2, -0.15) is 13.2 Å². The molecule has 21 heavy (non-hydrogen) atoms. The van der Waals surface area contributed by atoms with Crippen LogP contribution in [0.5, 0.6) is 0 Å². The molecule has 0 amide bonds. The maximum absolute atomic E-state index is 12.6. The van der Waals surface area contributed by atoms with Crippen molar-refractivity contribution < 1.29 is 23.1 Å². The van der Waals surface area contributed by atoms with Crippen LogP contribution < -0.4 is 0 Å². The normalized spacial score (nSPS) is 25.8. The number of aliphatic imine (C=N–C) groups is 1. The van der Waals surface area contributed by atoms with Crippen molar-refractivity contribution in [3.8, 4) is 0 Å². The van der Waals surface area contributed by atoms with Gasteiger partial charge in [-0.25, -0.2) is 4.79 Å². The Kier molecular flexibility index (Phi) is 4.06. The van der Waals surface area contributed by atoms with E-state index in [9.17, 15) is 23.1 Å². The lowest BCUT2D eigenvalue weighted by molar-refractivity contribution is -0.138. The van der Waals surface area contributed by atoms with Crippen LogP contribution in [0.25, 0.3) is 0 Å². The molecule has 0 radical (unpaired) electrons. The molecule has 0 spiro atoms. The second-order valence-corrected chi connectivity index (χ2v) is 6.15. The highest BCUT2D eigenvalue weighted by molar-refractivity contribution is 8.02. The van der Waals surface area contributed by atoms with E-state index in [0.717, 1.165) is 23.9 Å². The summed E-state index contributed by atoms with van der Waals surface area (Å²) in [5.74, 6) is -1.11. The summed E-state index contributed by atoms with van der Waals surface area (Å²) in [5.41, 5.74) is -0.0757. The van der Waals surface area contributed by atoms with E-state index in [1.165, 1.54) is 12.1 Å². The lowest BCUT2D eigenvalue weighted by Gasteiger charge is -2.25. The molecule has 0 aliphatic carbocycles. The SMILES string of the molecule is CCC1N=C(C)C(C(=O)O)(c2ccc(C(F)(F)F)cc2)S1. The first kappa shape index (κ1) is 15.9. The van der Waals surface area contributed by atoms with Crippen LogP contribution in [0.4, 0.5) is 13.2 Å². The first-order chi connectivity index (χ1) is 9.71. The second-order valence-electron chi connectivity index (χ2n) is 4.76. The third-order valence-electron chi connectivity index (χ3n) is 3.43. The molecule has 2 atom stereocenters. The molecule has 0 saturated heterocycles. The van der Waals surface area contributed by atoms with Crippen LogP contribution in [-0.4, -0.2) is 22.2 Å². The monoisotopic (exact) mass is 317 g/mol. The highest BCUT2D eigenvalue weighted by Gasteiger charge is 2.50. The van der Waals surface area contributed by atoms with Gasteiger partial charge in [0.2, 0.25) is 0 Å². The van der Waals surface area contributed by atoms with Gasteiger partial charge in [-0.15, -0.1) is 11.8 Å². The van der Waals surface area contributed by atoms with E-state index in [-0.39, 0.29) is 5.37 Å². The third-order valence-corrected chi connectivity index (χ3v) is 5.20. The first-order valence-electron chi connectivity index (χ1n) is 6.35. The predicted molar refractivity (Wildman–Crippen MR) is 75.5 cm³/mol. The maximum Gasteiger partial charge on any atom is 0.416 e. The van der Waals surface area contributed by atoms with Gasteiger partial charge in [-0.05, 0) is 31.0 Å². The number of hydrogen-bond donors (Lipinski definition) is 1. The summed E-state index contributed by atoms with van der Waals surface area (Å²) in [6, 6.07) is 4.27. The van der Waals surface area contributed by atoms with E-state index in [1.54, 1.807) is 6.92 Å². The highest BCUT2D eigenvalue weighted by Crippen LogP contribution is 2.47. The average molecular weight is 317 g/mol. The van der Waals surface area contributed by atoms with E-state index in [2.05, 4.69) is 4.99 Å². The zero-order valence-corrected chi connectivity index (χ0v) is 12.3. The van der Waals surface area contributed by atoms with Crippen LogP contribution in [-0.2, 0) is 15.7 Å². The molecule has 2 unspecified atom stereocenters. The highest BCUT2D eigenvalue weighted by atomic mass is 32.2. The number of carboxylic acid groups (broad SMARTS) is 1. The molecule has 1 aromatic rings. The molecule has 0 saturated carbocycles. The average Bonchev–Trinajstić information content (AvgIpc) is 2.76.